The van der Waals surface area contributed by atoms with Crippen LogP contribution >= 0.6 is 0 Å². The van der Waals surface area contributed by atoms with Gasteiger partial charge in [0, 0.05) is 38.1 Å². The van der Waals surface area contributed by atoms with Crippen LogP contribution in [0.5, 0.6) is 0 Å². The van der Waals surface area contributed by atoms with Crippen LogP contribution in [0, 0.1) is 6.92 Å². The molecule has 2 amide bonds. The summed E-state index contributed by atoms with van der Waals surface area (Å²) in [6, 6.07) is 11.1. The number of carbonyl (C=O) groups excluding carboxylic acids is 2. The second kappa shape index (κ2) is 8.33. The van der Waals surface area contributed by atoms with Gasteiger partial charge in [-0.05, 0) is 44.2 Å². The first-order valence-corrected chi connectivity index (χ1v) is 10.4. The number of benzene rings is 1. The molecule has 0 bridgehead atoms. The first-order valence-electron chi connectivity index (χ1n) is 10.4. The highest BCUT2D eigenvalue weighted by atomic mass is 16.2. The minimum absolute atomic E-state index is 0.0810. The van der Waals surface area contributed by atoms with E-state index in [1.54, 1.807) is 23.2 Å². The van der Waals surface area contributed by atoms with Crippen molar-refractivity contribution < 1.29 is 9.59 Å². The number of anilines is 1. The van der Waals surface area contributed by atoms with Crippen LogP contribution < -0.4 is 4.90 Å². The summed E-state index contributed by atoms with van der Waals surface area (Å²) in [5.41, 5.74) is 3.24. The van der Waals surface area contributed by atoms with Crippen LogP contribution in [0.1, 0.15) is 47.4 Å². The lowest BCUT2D eigenvalue weighted by Crippen LogP contribution is -2.49. The summed E-state index contributed by atoms with van der Waals surface area (Å²) in [6.45, 7) is 8.61. The van der Waals surface area contributed by atoms with Crippen LogP contribution in [0.15, 0.2) is 42.6 Å². The second-order valence-electron chi connectivity index (χ2n) is 7.89. The summed E-state index contributed by atoms with van der Waals surface area (Å²) < 4.78 is 0. The molecule has 6 nitrogen and oxygen atoms in total. The zero-order valence-electron chi connectivity index (χ0n) is 17.2. The van der Waals surface area contributed by atoms with Gasteiger partial charge in [0.15, 0.2) is 0 Å². The molecule has 1 aromatic heterocycles. The number of rotatable bonds is 5. The number of hydrogen-bond acceptors (Lipinski definition) is 4. The lowest BCUT2D eigenvalue weighted by Gasteiger charge is -2.35. The molecule has 152 valence electrons. The molecule has 0 radical (unpaired) electrons. The molecule has 4 rings (SSSR count). The highest BCUT2D eigenvalue weighted by molar-refractivity contribution is 6.11. The summed E-state index contributed by atoms with van der Waals surface area (Å²) in [5, 5.41) is 0. The van der Waals surface area contributed by atoms with Gasteiger partial charge in [-0.25, -0.2) is 0 Å². The third-order valence-electron chi connectivity index (χ3n) is 5.86. The van der Waals surface area contributed by atoms with Gasteiger partial charge in [0.05, 0.1) is 23.7 Å². The Kier molecular flexibility index (Phi) is 5.62. The average molecular weight is 393 g/mol. The molecule has 1 aromatic carbocycles. The molecule has 2 aliphatic heterocycles. The van der Waals surface area contributed by atoms with E-state index < -0.39 is 0 Å². The van der Waals surface area contributed by atoms with Crippen LogP contribution in [0.25, 0.3) is 0 Å². The molecule has 1 saturated heterocycles. The van der Waals surface area contributed by atoms with Crippen LogP contribution in [0.4, 0.5) is 5.69 Å². The van der Waals surface area contributed by atoms with Crippen molar-refractivity contribution >= 4 is 17.5 Å². The van der Waals surface area contributed by atoms with Crippen molar-refractivity contribution in [3.05, 3.63) is 59.4 Å². The molecular formula is C23H28N4O2. The number of nitrogens with zero attached hydrogens (tertiary/aromatic N) is 4. The normalized spacial score (nSPS) is 19.5. The highest BCUT2D eigenvalue weighted by Gasteiger charge is 2.40. The minimum Gasteiger partial charge on any atom is -0.340 e. The zero-order valence-corrected chi connectivity index (χ0v) is 17.2. The van der Waals surface area contributed by atoms with E-state index in [-0.39, 0.29) is 24.3 Å². The maximum Gasteiger partial charge on any atom is 0.260 e. The molecular weight excluding hydrogens is 364 g/mol. The minimum atomic E-state index is -0.359. The van der Waals surface area contributed by atoms with Crippen molar-refractivity contribution in [1.29, 1.82) is 0 Å². The Morgan fingerprint density at radius 1 is 1.10 bits per heavy atom. The van der Waals surface area contributed by atoms with E-state index in [4.69, 9.17) is 0 Å². The Bertz CT molecular complexity index is 888. The molecule has 3 heterocycles. The Hall–Kier alpha value is -2.73. The van der Waals surface area contributed by atoms with Crippen molar-refractivity contribution in [2.45, 2.75) is 32.7 Å². The number of aryl methyl sites for hydroxylation is 1. The smallest absolute Gasteiger partial charge is 0.260 e. The predicted octanol–water partition coefficient (Wildman–Crippen LogP) is 3.04. The van der Waals surface area contributed by atoms with E-state index in [1.165, 1.54) is 0 Å². The molecule has 0 N–H and O–H groups in total. The van der Waals surface area contributed by atoms with Crippen LogP contribution in [0.3, 0.4) is 0 Å². The van der Waals surface area contributed by atoms with E-state index in [2.05, 4.69) is 16.8 Å². The molecule has 0 spiro atoms. The summed E-state index contributed by atoms with van der Waals surface area (Å²) in [5.74, 6) is 0.0112. The van der Waals surface area contributed by atoms with Gasteiger partial charge >= 0.3 is 0 Å². The van der Waals surface area contributed by atoms with Crippen LogP contribution in [-0.4, -0.2) is 59.3 Å². The molecule has 2 aromatic rings. The maximum absolute atomic E-state index is 13.1. The first-order chi connectivity index (χ1) is 14.1. The van der Waals surface area contributed by atoms with Gasteiger partial charge in [0.1, 0.15) is 0 Å². The fourth-order valence-electron chi connectivity index (χ4n) is 4.28. The van der Waals surface area contributed by atoms with Gasteiger partial charge in [0.25, 0.3) is 5.91 Å². The van der Waals surface area contributed by atoms with E-state index in [0.29, 0.717) is 11.3 Å². The quantitative estimate of drug-likeness (QED) is 0.785. The Morgan fingerprint density at radius 2 is 1.83 bits per heavy atom. The van der Waals surface area contributed by atoms with E-state index in [1.807, 2.05) is 36.1 Å². The fraction of sp³-hybridized carbons (Fsp3) is 0.435. The number of carbonyl (C=O) groups is 2. The van der Waals surface area contributed by atoms with Gasteiger partial charge in [-0.15, -0.1) is 0 Å². The summed E-state index contributed by atoms with van der Waals surface area (Å²) in [7, 11) is 0. The van der Waals surface area contributed by atoms with Crippen molar-refractivity contribution in [2.75, 3.05) is 37.6 Å². The SMILES string of the molecule is CCCN1CCN(C(=O)C[C@H]2c3ncccc3C(=O)N2c2ccc(C)cc2)CC1. The second-order valence-corrected chi connectivity index (χ2v) is 7.89. The number of aromatic nitrogens is 1. The molecule has 29 heavy (non-hydrogen) atoms. The zero-order chi connectivity index (χ0) is 20.4. The Balaban J connectivity index is 1.55. The average Bonchev–Trinajstić information content (AvgIpc) is 3.01. The number of fused-ring (bicyclic) bond motifs is 1. The molecule has 1 atom stereocenters. The summed E-state index contributed by atoms with van der Waals surface area (Å²) >= 11 is 0. The van der Waals surface area contributed by atoms with E-state index >= 15 is 0 Å². The number of hydrogen-bond donors (Lipinski definition) is 0. The van der Waals surface area contributed by atoms with Gasteiger partial charge in [-0.2, -0.15) is 0 Å². The monoisotopic (exact) mass is 392 g/mol. The van der Waals surface area contributed by atoms with Gasteiger partial charge in [-0.3, -0.25) is 24.4 Å². The van der Waals surface area contributed by atoms with Gasteiger partial charge in [0.2, 0.25) is 5.91 Å². The van der Waals surface area contributed by atoms with Gasteiger partial charge in [-0.1, -0.05) is 24.6 Å². The standard InChI is InChI=1S/C23H28N4O2/c1-3-11-25-12-14-26(15-13-25)21(28)16-20-22-19(5-4-10-24-22)23(29)27(20)18-8-6-17(2)7-9-18/h4-10,20H,3,11-16H2,1-2H3/t20-/m0/s1. The van der Waals surface area contributed by atoms with E-state index in [0.717, 1.165) is 50.4 Å². The molecule has 2 aliphatic rings. The largest absolute Gasteiger partial charge is 0.340 e. The van der Waals surface area contributed by atoms with E-state index in [9.17, 15) is 9.59 Å². The lowest BCUT2D eigenvalue weighted by molar-refractivity contribution is -0.133. The van der Waals surface area contributed by atoms with Crippen molar-refractivity contribution in [1.82, 2.24) is 14.8 Å². The molecule has 0 unspecified atom stereocenters. The number of amides is 2. The lowest BCUT2D eigenvalue weighted by atomic mass is 10.1. The number of pyridine rings is 1. The molecule has 0 saturated carbocycles. The molecule has 6 heteroatoms. The Morgan fingerprint density at radius 3 is 2.52 bits per heavy atom. The van der Waals surface area contributed by atoms with Crippen LogP contribution in [-0.2, 0) is 4.79 Å². The third-order valence-corrected chi connectivity index (χ3v) is 5.86. The first kappa shape index (κ1) is 19.6. The summed E-state index contributed by atoms with van der Waals surface area (Å²) in [4.78, 5) is 36.8. The van der Waals surface area contributed by atoms with Crippen molar-refractivity contribution in [3.63, 3.8) is 0 Å². The van der Waals surface area contributed by atoms with Crippen LogP contribution in [0.2, 0.25) is 0 Å². The number of piperazine rings is 1. The fourth-order valence-corrected chi connectivity index (χ4v) is 4.28. The predicted molar refractivity (Wildman–Crippen MR) is 113 cm³/mol. The maximum atomic E-state index is 13.1. The Labute approximate surface area is 172 Å². The highest BCUT2D eigenvalue weighted by Crippen LogP contribution is 2.38. The van der Waals surface area contributed by atoms with Gasteiger partial charge < -0.3 is 4.90 Å². The van der Waals surface area contributed by atoms with Crippen molar-refractivity contribution in [3.8, 4) is 0 Å². The summed E-state index contributed by atoms with van der Waals surface area (Å²) in [6.07, 6.45) is 3.09. The topological polar surface area (TPSA) is 56.8 Å². The molecule has 0 aliphatic carbocycles. The molecule has 1 fully saturated rings. The third kappa shape index (κ3) is 3.90. The van der Waals surface area contributed by atoms with Crippen molar-refractivity contribution in [2.24, 2.45) is 0 Å².